The Labute approximate surface area is 213 Å². The minimum absolute atomic E-state index is 0.141. The van der Waals surface area contributed by atoms with Crippen LogP contribution in [0.3, 0.4) is 0 Å². The number of fused-ring (bicyclic) bond motifs is 1. The number of thiazole rings is 1. The normalized spacial score (nSPS) is 19.4. The summed E-state index contributed by atoms with van der Waals surface area (Å²) in [5.41, 5.74) is 4.18. The Hall–Kier alpha value is -3.34. The Morgan fingerprint density at radius 1 is 1.08 bits per heavy atom. The standard InChI is InChI=1S/C26H29N5O4S/c1-16-12-31(13-17(2)35-16)23-5-3-4-21(28-23)22-15-36-26(29-22)30-24(32)11-27-25(33)19-6-7-20-14-34-9-8-18(20)10-19/h3-7,10,15-17H,8-9,11-14H2,1-2H3,(H,27,33)(H,29,30,32)/t16-,17+. The molecule has 0 spiro atoms. The minimum Gasteiger partial charge on any atom is -0.376 e. The highest BCUT2D eigenvalue weighted by molar-refractivity contribution is 7.14. The molecule has 1 aromatic carbocycles. The lowest BCUT2D eigenvalue weighted by Crippen LogP contribution is -2.45. The molecule has 4 heterocycles. The largest absolute Gasteiger partial charge is 0.376 e. The fourth-order valence-electron chi connectivity index (χ4n) is 4.49. The molecule has 0 unspecified atom stereocenters. The van der Waals surface area contributed by atoms with Crippen LogP contribution < -0.4 is 15.5 Å². The van der Waals surface area contributed by atoms with E-state index in [4.69, 9.17) is 14.5 Å². The molecule has 2 amide bonds. The van der Waals surface area contributed by atoms with Gasteiger partial charge in [0.25, 0.3) is 5.91 Å². The number of hydrogen-bond donors (Lipinski definition) is 2. The molecule has 0 bridgehead atoms. The monoisotopic (exact) mass is 507 g/mol. The van der Waals surface area contributed by atoms with Crippen molar-refractivity contribution < 1.29 is 19.1 Å². The third kappa shape index (κ3) is 5.72. The van der Waals surface area contributed by atoms with Crippen molar-refractivity contribution in [2.24, 2.45) is 0 Å². The van der Waals surface area contributed by atoms with Crippen LogP contribution in [-0.4, -0.2) is 60.2 Å². The van der Waals surface area contributed by atoms with Crippen LogP contribution in [0.1, 0.15) is 35.3 Å². The van der Waals surface area contributed by atoms with Crippen LogP contribution in [-0.2, 0) is 27.3 Å². The second-order valence-electron chi connectivity index (χ2n) is 9.10. The van der Waals surface area contributed by atoms with Crippen LogP contribution >= 0.6 is 11.3 Å². The molecule has 2 atom stereocenters. The zero-order valence-corrected chi connectivity index (χ0v) is 21.1. The van der Waals surface area contributed by atoms with E-state index in [-0.39, 0.29) is 30.6 Å². The van der Waals surface area contributed by atoms with Gasteiger partial charge in [-0.25, -0.2) is 9.97 Å². The number of morpholine rings is 1. The topological polar surface area (TPSA) is 106 Å². The quantitative estimate of drug-likeness (QED) is 0.528. The van der Waals surface area contributed by atoms with Crippen LogP contribution in [0.5, 0.6) is 0 Å². The second-order valence-corrected chi connectivity index (χ2v) is 9.96. The molecule has 0 radical (unpaired) electrons. The molecular formula is C26H29N5O4S. The molecule has 5 rings (SSSR count). The molecule has 1 saturated heterocycles. The first-order chi connectivity index (χ1) is 17.4. The first-order valence-corrected chi connectivity index (χ1v) is 12.9. The molecule has 2 aliphatic heterocycles. The Balaban J connectivity index is 1.17. The van der Waals surface area contributed by atoms with E-state index >= 15 is 0 Å². The fraction of sp³-hybridized carbons (Fsp3) is 0.385. The molecule has 2 aliphatic rings. The van der Waals surface area contributed by atoms with Crippen molar-refractivity contribution in [1.82, 2.24) is 15.3 Å². The van der Waals surface area contributed by atoms with E-state index in [2.05, 4.69) is 34.4 Å². The van der Waals surface area contributed by atoms with E-state index in [9.17, 15) is 9.59 Å². The van der Waals surface area contributed by atoms with E-state index < -0.39 is 0 Å². The number of benzene rings is 1. The third-order valence-corrected chi connectivity index (χ3v) is 6.90. The van der Waals surface area contributed by atoms with E-state index in [1.54, 1.807) is 6.07 Å². The van der Waals surface area contributed by atoms with Gasteiger partial charge in [0.2, 0.25) is 5.91 Å². The van der Waals surface area contributed by atoms with Gasteiger partial charge in [0.15, 0.2) is 5.13 Å². The number of amides is 2. The third-order valence-electron chi connectivity index (χ3n) is 6.14. The van der Waals surface area contributed by atoms with Crippen LogP contribution in [0.25, 0.3) is 11.4 Å². The van der Waals surface area contributed by atoms with Gasteiger partial charge >= 0.3 is 0 Å². The molecule has 0 aliphatic carbocycles. The molecule has 3 aromatic rings. The average Bonchev–Trinajstić information content (AvgIpc) is 3.35. The first kappa shape index (κ1) is 24.4. The molecule has 0 saturated carbocycles. The van der Waals surface area contributed by atoms with Crippen molar-refractivity contribution in [3.63, 3.8) is 0 Å². The summed E-state index contributed by atoms with van der Waals surface area (Å²) in [6.45, 7) is 6.77. The van der Waals surface area contributed by atoms with E-state index in [1.807, 2.05) is 35.7 Å². The number of anilines is 2. The van der Waals surface area contributed by atoms with Gasteiger partial charge in [0.05, 0.1) is 37.7 Å². The van der Waals surface area contributed by atoms with Crippen LogP contribution in [0.15, 0.2) is 41.8 Å². The minimum atomic E-state index is -0.339. The zero-order valence-electron chi connectivity index (χ0n) is 20.3. The average molecular weight is 508 g/mol. The molecule has 2 aromatic heterocycles. The second kappa shape index (κ2) is 10.7. The lowest BCUT2D eigenvalue weighted by Gasteiger charge is -2.36. The van der Waals surface area contributed by atoms with Gasteiger partial charge in [0, 0.05) is 24.0 Å². The molecule has 2 N–H and O–H groups in total. The summed E-state index contributed by atoms with van der Waals surface area (Å²) in [4.78, 5) is 36.5. The predicted molar refractivity (Wildman–Crippen MR) is 138 cm³/mol. The number of ether oxygens (including phenoxy) is 2. The number of carbonyl (C=O) groups excluding carboxylic acids is 2. The van der Waals surface area contributed by atoms with Crippen molar-refractivity contribution in [2.45, 2.75) is 39.1 Å². The van der Waals surface area contributed by atoms with Crippen LogP contribution in [0, 0.1) is 0 Å². The van der Waals surface area contributed by atoms with Crippen molar-refractivity contribution in [3.8, 4) is 11.4 Å². The predicted octanol–water partition coefficient (Wildman–Crippen LogP) is 3.26. The first-order valence-electron chi connectivity index (χ1n) is 12.1. The van der Waals surface area contributed by atoms with Crippen LogP contribution in [0.4, 0.5) is 10.9 Å². The van der Waals surface area contributed by atoms with Gasteiger partial charge in [-0.05, 0) is 55.7 Å². The van der Waals surface area contributed by atoms with E-state index in [0.29, 0.717) is 29.6 Å². The smallest absolute Gasteiger partial charge is 0.251 e. The molecular weight excluding hydrogens is 478 g/mol. The van der Waals surface area contributed by atoms with Gasteiger partial charge in [0.1, 0.15) is 11.5 Å². The highest BCUT2D eigenvalue weighted by Crippen LogP contribution is 2.26. The molecule has 9 nitrogen and oxygen atoms in total. The molecule has 36 heavy (non-hydrogen) atoms. The Morgan fingerprint density at radius 3 is 2.75 bits per heavy atom. The van der Waals surface area contributed by atoms with Crippen molar-refractivity contribution >= 4 is 34.1 Å². The summed E-state index contributed by atoms with van der Waals surface area (Å²) >= 11 is 1.32. The number of nitrogens with one attached hydrogen (secondary N) is 2. The fourth-order valence-corrected chi connectivity index (χ4v) is 5.21. The summed E-state index contributed by atoms with van der Waals surface area (Å²) in [6.07, 6.45) is 1.07. The van der Waals surface area contributed by atoms with Gasteiger partial charge in [-0.1, -0.05) is 12.1 Å². The van der Waals surface area contributed by atoms with Gasteiger partial charge < -0.3 is 25.0 Å². The summed E-state index contributed by atoms with van der Waals surface area (Å²) < 4.78 is 11.3. The van der Waals surface area contributed by atoms with Crippen molar-refractivity contribution in [3.05, 3.63) is 58.5 Å². The Bertz CT molecular complexity index is 1250. The van der Waals surface area contributed by atoms with Crippen LogP contribution in [0.2, 0.25) is 0 Å². The van der Waals surface area contributed by atoms with Gasteiger partial charge in [-0.3, -0.25) is 9.59 Å². The van der Waals surface area contributed by atoms with Gasteiger partial charge in [-0.15, -0.1) is 11.3 Å². The number of aromatic nitrogens is 2. The summed E-state index contributed by atoms with van der Waals surface area (Å²) in [5, 5.41) is 7.76. The summed E-state index contributed by atoms with van der Waals surface area (Å²) in [7, 11) is 0. The lowest BCUT2D eigenvalue weighted by molar-refractivity contribution is -0.115. The molecule has 1 fully saturated rings. The van der Waals surface area contributed by atoms with E-state index in [1.165, 1.54) is 11.3 Å². The zero-order chi connectivity index (χ0) is 25.1. The van der Waals surface area contributed by atoms with Crippen molar-refractivity contribution in [2.75, 3.05) is 36.5 Å². The van der Waals surface area contributed by atoms with Crippen molar-refractivity contribution in [1.29, 1.82) is 0 Å². The number of rotatable bonds is 6. The van der Waals surface area contributed by atoms with Gasteiger partial charge in [-0.2, -0.15) is 0 Å². The number of pyridine rings is 1. The maximum absolute atomic E-state index is 12.5. The molecule has 10 heteroatoms. The maximum Gasteiger partial charge on any atom is 0.251 e. The summed E-state index contributed by atoms with van der Waals surface area (Å²) in [5.74, 6) is 0.256. The Kier molecular flexibility index (Phi) is 7.26. The number of nitrogens with zero attached hydrogens (tertiary/aromatic N) is 3. The molecule has 188 valence electrons. The lowest BCUT2D eigenvalue weighted by atomic mass is 10.00. The highest BCUT2D eigenvalue weighted by Gasteiger charge is 2.23. The number of carbonyl (C=O) groups is 2. The summed E-state index contributed by atoms with van der Waals surface area (Å²) in [6, 6.07) is 11.4. The number of hydrogen-bond acceptors (Lipinski definition) is 8. The SMILES string of the molecule is C[C@@H]1CN(c2cccc(-c3csc(NC(=O)CNC(=O)c4ccc5c(c4)CCOC5)n3)n2)C[C@H](C)O1. The maximum atomic E-state index is 12.5. The van der Waals surface area contributed by atoms with E-state index in [0.717, 1.165) is 42.1 Å². The highest BCUT2D eigenvalue weighted by atomic mass is 32.1. The Morgan fingerprint density at radius 2 is 1.92 bits per heavy atom.